The fourth-order valence-electron chi connectivity index (χ4n) is 6.74. The van der Waals surface area contributed by atoms with Gasteiger partial charge in [-0.2, -0.15) is 0 Å². The number of anilines is 2. The van der Waals surface area contributed by atoms with Crippen molar-refractivity contribution >= 4 is 11.4 Å². The topological polar surface area (TPSA) is 115 Å². The van der Waals surface area contributed by atoms with E-state index in [-0.39, 0.29) is 13.2 Å². The number of benzene rings is 2. The van der Waals surface area contributed by atoms with Gasteiger partial charge in [-0.1, -0.05) is 24.3 Å². The van der Waals surface area contributed by atoms with Crippen LogP contribution in [0.4, 0.5) is 11.4 Å². The summed E-state index contributed by atoms with van der Waals surface area (Å²) in [5, 5.41) is 24.8. The Balaban J connectivity index is 1.24. The van der Waals surface area contributed by atoms with Crippen molar-refractivity contribution < 1.29 is 19.7 Å². The Morgan fingerprint density at radius 2 is 1.11 bits per heavy atom. The molecule has 0 atom stereocenters. The minimum Gasteiger partial charge on any atom is -0.481 e. The lowest BCUT2D eigenvalue weighted by atomic mass is 9.94. The van der Waals surface area contributed by atoms with Gasteiger partial charge in [-0.3, -0.25) is 0 Å². The minimum atomic E-state index is 0.0933. The summed E-state index contributed by atoms with van der Waals surface area (Å²) in [5.41, 5.74) is 13.8. The maximum absolute atomic E-state index is 9.17. The first-order valence-corrected chi connectivity index (χ1v) is 15.9. The highest BCUT2D eigenvalue weighted by Crippen LogP contribution is 2.40. The highest BCUT2D eigenvalue weighted by Gasteiger charge is 2.27. The van der Waals surface area contributed by atoms with Gasteiger partial charge < -0.3 is 40.1 Å². The van der Waals surface area contributed by atoms with Gasteiger partial charge in [0.05, 0.1) is 51.9 Å². The fourth-order valence-corrected chi connectivity index (χ4v) is 6.74. The van der Waals surface area contributed by atoms with Crippen molar-refractivity contribution in [2.24, 2.45) is 0 Å². The van der Waals surface area contributed by atoms with Gasteiger partial charge in [0.2, 0.25) is 11.8 Å². The third-order valence-electron chi connectivity index (χ3n) is 9.04. The summed E-state index contributed by atoms with van der Waals surface area (Å²) in [7, 11) is 3.32. The average molecular weight is 625 g/mol. The number of aliphatic hydroxyl groups excluding tert-OH is 2. The highest BCUT2D eigenvalue weighted by molar-refractivity contribution is 5.80. The lowest BCUT2D eigenvalue weighted by Gasteiger charge is -2.25. The van der Waals surface area contributed by atoms with Crippen molar-refractivity contribution in [3.05, 3.63) is 93.3 Å². The fraction of sp³-hybridized carbons (Fsp3) is 0.389. The predicted molar refractivity (Wildman–Crippen MR) is 180 cm³/mol. The van der Waals surface area contributed by atoms with Crippen molar-refractivity contribution in [1.82, 2.24) is 20.6 Å². The number of aromatic nitrogens is 2. The normalized spacial score (nSPS) is 13.7. The maximum atomic E-state index is 9.17. The van der Waals surface area contributed by atoms with Crippen LogP contribution in [0.2, 0.25) is 0 Å². The summed E-state index contributed by atoms with van der Waals surface area (Å²) in [4.78, 5) is 14.5. The zero-order valence-electron chi connectivity index (χ0n) is 27.2. The molecule has 6 rings (SSSR count). The van der Waals surface area contributed by atoms with Crippen LogP contribution in [0.25, 0.3) is 11.1 Å². The number of nitrogens with zero attached hydrogens (tertiary/aromatic N) is 4. The second-order valence-corrected chi connectivity index (χ2v) is 11.9. The number of fused-ring (bicyclic) bond motifs is 2. The first kappa shape index (κ1) is 31.7. The molecule has 0 aliphatic carbocycles. The predicted octanol–water partition coefficient (Wildman–Crippen LogP) is 3.98. The van der Waals surface area contributed by atoms with Crippen LogP contribution in [-0.4, -0.2) is 60.7 Å². The van der Waals surface area contributed by atoms with Gasteiger partial charge in [0.25, 0.3) is 0 Å². The van der Waals surface area contributed by atoms with E-state index in [0.29, 0.717) is 37.9 Å². The van der Waals surface area contributed by atoms with Crippen LogP contribution in [0, 0.1) is 13.8 Å². The van der Waals surface area contributed by atoms with Crippen molar-refractivity contribution in [2.45, 2.75) is 53.1 Å². The zero-order chi connectivity index (χ0) is 32.2. The second kappa shape index (κ2) is 14.0. The number of ether oxygens (including phenoxy) is 2. The largest absolute Gasteiger partial charge is 0.481 e. The number of rotatable bonds is 13. The van der Waals surface area contributed by atoms with E-state index in [0.717, 1.165) is 48.7 Å². The molecule has 4 N–H and O–H groups in total. The minimum absolute atomic E-state index is 0.0933. The van der Waals surface area contributed by atoms with E-state index < -0.39 is 0 Å². The maximum Gasteiger partial charge on any atom is 0.217 e. The van der Waals surface area contributed by atoms with Crippen molar-refractivity contribution in [3.63, 3.8) is 0 Å². The van der Waals surface area contributed by atoms with Gasteiger partial charge in [0.15, 0.2) is 0 Å². The lowest BCUT2D eigenvalue weighted by molar-refractivity contribution is 0.291. The Bertz CT molecular complexity index is 1590. The molecule has 0 bridgehead atoms. The molecule has 2 aromatic carbocycles. The van der Waals surface area contributed by atoms with Crippen molar-refractivity contribution in [3.8, 4) is 22.9 Å². The molecule has 242 valence electrons. The summed E-state index contributed by atoms with van der Waals surface area (Å²) in [6, 6.07) is 17.5. The third kappa shape index (κ3) is 6.26. The molecule has 0 fully saturated rings. The molecule has 0 spiro atoms. The Kier molecular flexibility index (Phi) is 9.70. The van der Waals surface area contributed by atoms with E-state index in [2.05, 4.69) is 82.8 Å². The van der Waals surface area contributed by atoms with Crippen LogP contribution in [-0.2, 0) is 39.3 Å². The van der Waals surface area contributed by atoms with Gasteiger partial charge >= 0.3 is 0 Å². The summed E-state index contributed by atoms with van der Waals surface area (Å²) in [6.07, 6.45) is 0. The summed E-state index contributed by atoms with van der Waals surface area (Å²) in [5.74, 6) is 1.27. The van der Waals surface area contributed by atoms with Gasteiger partial charge in [0, 0.05) is 61.8 Å². The molecule has 10 heteroatoms. The second-order valence-electron chi connectivity index (χ2n) is 11.9. The van der Waals surface area contributed by atoms with Crippen molar-refractivity contribution in [2.75, 3.05) is 50.3 Å². The van der Waals surface area contributed by atoms with E-state index in [1.54, 1.807) is 14.2 Å². The molecule has 10 nitrogen and oxygen atoms in total. The van der Waals surface area contributed by atoms with E-state index in [1.165, 1.54) is 44.8 Å². The molecular formula is C36H44N6O4. The molecule has 0 saturated carbocycles. The molecule has 2 aromatic heterocycles. The molecule has 0 unspecified atom stereocenters. The standard InChI is InChI=1S/C36H44N6O4/c1-23-29(7-5-9-33(23)41-19-27-15-25(17-37-11-13-43)35(45-3)39-31(27)21-41)30-8-6-10-34(24(30)2)42-20-28-16-26(18-38-12-14-44)36(46-4)40-32(28)22-42/h5-10,15-16,37-38,43-44H,11-14,17-22H2,1-4H3. The monoisotopic (exact) mass is 624 g/mol. The summed E-state index contributed by atoms with van der Waals surface area (Å²) >= 11 is 0. The summed E-state index contributed by atoms with van der Waals surface area (Å²) < 4.78 is 11.2. The molecule has 0 amide bonds. The Morgan fingerprint density at radius 3 is 1.50 bits per heavy atom. The first-order valence-electron chi connectivity index (χ1n) is 15.9. The average Bonchev–Trinajstić information content (AvgIpc) is 3.68. The molecule has 46 heavy (non-hydrogen) atoms. The van der Waals surface area contributed by atoms with Gasteiger partial charge in [0.1, 0.15) is 0 Å². The van der Waals surface area contributed by atoms with Crippen LogP contribution in [0.5, 0.6) is 11.8 Å². The van der Waals surface area contributed by atoms with Gasteiger partial charge in [-0.05, 0) is 71.5 Å². The Labute approximate surface area is 271 Å². The summed E-state index contributed by atoms with van der Waals surface area (Å²) in [6.45, 7) is 9.88. The van der Waals surface area contributed by atoms with Crippen LogP contribution < -0.4 is 29.9 Å². The highest BCUT2D eigenvalue weighted by atomic mass is 16.5. The molecule has 4 heterocycles. The van der Waals surface area contributed by atoms with Crippen LogP contribution in [0.1, 0.15) is 44.8 Å². The van der Waals surface area contributed by atoms with E-state index in [9.17, 15) is 0 Å². The van der Waals surface area contributed by atoms with Gasteiger partial charge in [-0.15, -0.1) is 0 Å². The molecule has 2 aliphatic heterocycles. The van der Waals surface area contributed by atoms with Crippen molar-refractivity contribution in [1.29, 1.82) is 0 Å². The van der Waals surface area contributed by atoms with Crippen LogP contribution in [0.3, 0.4) is 0 Å². The number of hydrogen-bond donors (Lipinski definition) is 4. The Morgan fingerprint density at radius 1 is 0.674 bits per heavy atom. The Hall–Kier alpha value is -4.22. The van der Waals surface area contributed by atoms with Crippen LogP contribution >= 0.6 is 0 Å². The van der Waals surface area contributed by atoms with E-state index >= 15 is 0 Å². The number of methoxy groups -OCH3 is 2. The molecular weight excluding hydrogens is 580 g/mol. The molecule has 4 aromatic rings. The van der Waals surface area contributed by atoms with Crippen LogP contribution in [0.15, 0.2) is 48.5 Å². The smallest absolute Gasteiger partial charge is 0.217 e. The van der Waals surface area contributed by atoms with E-state index in [4.69, 9.17) is 29.7 Å². The first-order chi connectivity index (χ1) is 22.4. The molecule has 0 saturated heterocycles. The quantitative estimate of drug-likeness (QED) is 0.163. The number of pyridine rings is 2. The number of hydrogen-bond acceptors (Lipinski definition) is 10. The number of nitrogens with one attached hydrogen (secondary N) is 2. The molecule has 2 aliphatic rings. The van der Waals surface area contributed by atoms with E-state index in [1.807, 2.05) is 0 Å². The zero-order valence-corrected chi connectivity index (χ0v) is 27.2. The van der Waals surface area contributed by atoms with Gasteiger partial charge in [-0.25, -0.2) is 9.97 Å². The lowest BCUT2D eigenvalue weighted by Crippen LogP contribution is -2.18. The molecule has 0 radical (unpaired) electrons. The number of aliphatic hydroxyl groups is 2. The third-order valence-corrected chi connectivity index (χ3v) is 9.04. The SMILES string of the molecule is COc1nc2c(cc1CNCCO)CN(c1cccc(-c3cccc(N4Cc5cc(CNCCO)c(OC)nc5C4)c3C)c1C)C2.